The van der Waals surface area contributed by atoms with Gasteiger partial charge in [0, 0.05) is 47.8 Å². The third kappa shape index (κ3) is 8.54. The van der Waals surface area contributed by atoms with Gasteiger partial charge >= 0.3 is 1.43 Å². The molecule has 12 nitrogen and oxygen atoms in total. The molecule has 0 aliphatic heterocycles. The molecular weight excluding hydrogens is 450 g/mol. The van der Waals surface area contributed by atoms with Crippen LogP contribution in [-0.2, 0) is 27.5 Å². The average molecular weight is 470 g/mol. The van der Waals surface area contributed by atoms with Crippen LogP contribution in [0.25, 0.3) is 0 Å². The number of para-hydroxylation sites is 1. The Hall–Kier alpha value is -2.57. The summed E-state index contributed by atoms with van der Waals surface area (Å²) in [4.78, 5) is 12.6. The van der Waals surface area contributed by atoms with Gasteiger partial charge in [-0.1, -0.05) is 12.1 Å². The number of rotatable bonds is 5. The molecule has 0 unspecified atom stereocenters. The zero-order valence-corrected chi connectivity index (χ0v) is 16.8. The number of aliphatic hydroxyl groups excluding tert-OH is 1. The first kappa shape index (κ1) is 28.6. The number of benzene rings is 2. The van der Waals surface area contributed by atoms with Crippen LogP contribution in [0.4, 0.5) is 11.4 Å². The number of nitrogens with zero attached hydrogens (tertiary/aromatic N) is 2. The molecule has 0 spiro atoms. The van der Waals surface area contributed by atoms with Gasteiger partial charge in [0.15, 0.2) is 5.75 Å². The fraction of sp³-hybridized carbons (Fsp3) is 0.133. The molecule has 8 N–H and O–H groups in total. The summed E-state index contributed by atoms with van der Waals surface area (Å²) >= 11 is 0. The van der Waals surface area contributed by atoms with E-state index in [1.165, 1.54) is 12.1 Å². The van der Waals surface area contributed by atoms with Crippen LogP contribution < -0.4 is 5.73 Å². The molecule has 0 aliphatic rings. The van der Waals surface area contributed by atoms with Gasteiger partial charge in [0.25, 0.3) is 15.8 Å². The number of aliphatic imine (C=N–C) groups is 1. The van der Waals surface area contributed by atoms with Crippen LogP contribution in [0.3, 0.4) is 0 Å². The summed E-state index contributed by atoms with van der Waals surface area (Å²) in [5, 5.41) is 38.0. The third-order valence-corrected chi connectivity index (χ3v) is 3.80. The van der Waals surface area contributed by atoms with Gasteiger partial charge in [-0.3, -0.25) is 19.7 Å². The molecule has 0 atom stereocenters. The first-order valence-electron chi connectivity index (χ1n) is 7.23. The Kier molecular flexibility index (Phi) is 12.6. The fourth-order valence-electron chi connectivity index (χ4n) is 1.72. The number of aliphatic hydroxyl groups is 1. The molecular formula is C15H20CrN3O9S+. The molecule has 0 amide bonds. The van der Waals surface area contributed by atoms with E-state index in [1.54, 1.807) is 12.1 Å². The van der Waals surface area contributed by atoms with Gasteiger partial charge in [-0.15, -0.1) is 0 Å². The zero-order valence-electron chi connectivity index (χ0n) is 15.7. The maximum absolute atomic E-state index is 11.2. The molecule has 14 heteroatoms. The molecule has 0 saturated carbocycles. The number of nitro groups is 1. The molecule has 0 fully saturated rings. The minimum absolute atomic E-state index is 0. The van der Waals surface area contributed by atoms with Gasteiger partial charge in [0.05, 0.1) is 11.5 Å². The number of nitro benzene ring substituents is 1. The fourth-order valence-corrected chi connectivity index (χ4v) is 2.33. The van der Waals surface area contributed by atoms with E-state index in [-0.39, 0.29) is 42.2 Å². The minimum atomic E-state index is -4.88. The number of hydrogen-bond acceptors (Lipinski definition) is 9. The number of phenolic OH excluding ortho intramolecular Hbond substituents is 2. The minimum Gasteiger partial charge on any atom is -0.507 e. The van der Waals surface area contributed by atoms with Crippen molar-refractivity contribution in [2.45, 2.75) is 4.90 Å². The first-order valence-corrected chi connectivity index (χ1v) is 8.67. The summed E-state index contributed by atoms with van der Waals surface area (Å²) in [6.07, 6.45) is 1.09. The molecule has 2 aromatic carbocycles. The van der Waals surface area contributed by atoms with Crippen molar-refractivity contribution in [2.24, 2.45) is 10.7 Å². The van der Waals surface area contributed by atoms with Crippen LogP contribution >= 0.6 is 0 Å². The van der Waals surface area contributed by atoms with E-state index in [2.05, 4.69) is 4.99 Å². The number of nitrogens with two attached hydrogens (primary N) is 1. The first-order chi connectivity index (χ1) is 12.6. The molecule has 0 aromatic heterocycles. The monoisotopic (exact) mass is 470 g/mol. The van der Waals surface area contributed by atoms with E-state index < -0.39 is 37.1 Å². The Morgan fingerprint density at radius 2 is 1.79 bits per heavy atom. The van der Waals surface area contributed by atoms with Crippen molar-refractivity contribution in [2.75, 3.05) is 13.2 Å². The molecule has 160 valence electrons. The van der Waals surface area contributed by atoms with Crippen molar-refractivity contribution in [1.29, 1.82) is 0 Å². The third-order valence-electron chi connectivity index (χ3n) is 2.94. The van der Waals surface area contributed by atoms with Gasteiger partial charge in [-0.05, 0) is 12.1 Å². The summed E-state index contributed by atoms with van der Waals surface area (Å²) in [6, 6.07) is 7.37. The van der Waals surface area contributed by atoms with Crippen LogP contribution in [0, 0.1) is 10.1 Å². The topological polar surface area (TPSA) is 228 Å². The van der Waals surface area contributed by atoms with E-state index in [0.29, 0.717) is 12.6 Å². The second-order valence-electron chi connectivity index (χ2n) is 4.87. The summed E-state index contributed by atoms with van der Waals surface area (Å²) in [6.45, 7) is 0.472. The Morgan fingerprint density at radius 1 is 1.24 bits per heavy atom. The second kappa shape index (κ2) is 12.8. The van der Waals surface area contributed by atoms with Crippen molar-refractivity contribution >= 4 is 27.7 Å². The smallest absolute Gasteiger partial charge is 0.507 e. The number of phenols is 2. The SMILES string of the molecule is NCCO.O.O=[N+]([O-])c1cc(N=Cc2ccccc2O)c(O)c(S(=O)(=O)O)c1.[Cr].[H+]. The predicted octanol–water partition coefficient (Wildman–Crippen LogP) is 0.226. The van der Waals surface area contributed by atoms with Gasteiger partial charge in [-0.2, -0.15) is 8.42 Å². The van der Waals surface area contributed by atoms with Crippen LogP contribution in [0.15, 0.2) is 46.3 Å². The summed E-state index contributed by atoms with van der Waals surface area (Å²) in [5.41, 5.74) is 3.89. The summed E-state index contributed by atoms with van der Waals surface area (Å²) in [7, 11) is -4.88. The van der Waals surface area contributed by atoms with Crippen molar-refractivity contribution in [3.05, 3.63) is 52.1 Å². The maximum atomic E-state index is 11.2. The quantitative estimate of drug-likeness (QED) is 0.174. The molecule has 0 heterocycles. The Labute approximate surface area is 177 Å². The van der Waals surface area contributed by atoms with Crippen molar-refractivity contribution in [3.63, 3.8) is 0 Å². The van der Waals surface area contributed by atoms with E-state index >= 15 is 0 Å². The number of hydrogen-bond donors (Lipinski definition) is 5. The summed E-state index contributed by atoms with van der Waals surface area (Å²) < 4.78 is 31.4. The molecule has 0 radical (unpaired) electrons. The standard InChI is InChI=1S/C13H10N2O7S.C2H7NO.Cr.H2O/c16-11-4-2-1-3-8(11)7-14-10-5-9(15(18)19)6-12(13(10)17)23(20,21)22;3-1-2-4;;/h1-7,16-17H,(H,20,21,22);4H,1-3H2;;1H2/p+1. The van der Waals surface area contributed by atoms with Crippen molar-refractivity contribution in [3.8, 4) is 11.5 Å². The van der Waals surface area contributed by atoms with Crippen LogP contribution in [-0.4, -0.2) is 58.1 Å². The average Bonchev–Trinajstić information content (AvgIpc) is 2.61. The molecule has 0 aliphatic carbocycles. The van der Waals surface area contributed by atoms with E-state index in [0.717, 1.165) is 12.3 Å². The molecule has 29 heavy (non-hydrogen) atoms. The van der Waals surface area contributed by atoms with Gasteiger partial charge in [0.1, 0.15) is 16.3 Å². The molecule has 2 rings (SSSR count). The predicted molar refractivity (Wildman–Crippen MR) is 101 cm³/mol. The molecule has 0 bridgehead atoms. The zero-order chi connectivity index (χ0) is 20.6. The van der Waals surface area contributed by atoms with Crippen molar-refractivity contribution < 1.29 is 57.5 Å². The van der Waals surface area contributed by atoms with E-state index in [4.69, 9.17) is 15.4 Å². The second-order valence-corrected chi connectivity index (χ2v) is 6.26. The van der Waals surface area contributed by atoms with Crippen LogP contribution in [0.1, 0.15) is 6.99 Å². The van der Waals surface area contributed by atoms with Gasteiger partial charge in [0.2, 0.25) is 0 Å². The Bertz CT molecular complexity index is 956. The number of non-ortho nitro benzene ring substituents is 1. The molecule has 0 saturated heterocycles. The van der Waals surface area contributed by atoms with Gasteiger partial charge in [-0.25, -0.2) is 0 Å². The maximum Gasteiger partial charge on any atom is 1.00 e. The Balaban J connectivity index is -0.000000957. The van der Waals surface area contributed by atoms with Crippen molar-refractivity contribution in [1.82, 2.24) is 0 Å². The van der Waals surface area contributed by atoms with Gasteiger partial charge < -0.3 is 26.5 Å². The van der Waals surface area contributed by atoms with Crippen LogP contribution in [0.5, 0.6) is 11.5 Å². The van der Waals surface area contributed by atoms with E-state index in [9.17, 15) is 28.7 Å². The largest absolute Gasteiger partial charge is 1.00 e. The molecule has 2 aromatic rings. The number of aromatic hydroxyl groups is 2. The summed E-state index contributed by atoms with van der Waals surface area (Å²) in [5.74, 6) is -1.07. The van der Waals surface area contributed by atoms with Crippen LogP contribution in [0.2, 0.25) is 0 Å². The Morgan fingerprint density at radius 3 is 2.24 bits per heavy atom. The van der Waals surface area contributed by atoms with E-state index in [1.807, 2.05) is 0 Å². The normalized spacial score (nSPS) is 10.3.